The topological polar surface area (TPSA) is 67.8 Å². The second kappa shape index (κ2) is 11.1. The van der Waals surface area contributed by atoms with Crippen LogP contribution >= 0.6 is 0 Å². The van der Waals surface area contributed by atoms with Gasteiger partial charge in [-0.1, -0.05) is 18.2 Å². The Morgan fingerprint density at radius 1 is 1.14 bits per heavy atom. The average Bonchev–Trinajstić information content (AvgIpc) is 2.66. The zero-order chi connectivity index (χ0) is 20.4. The van der Waals surface area contributed by atoms with E-state index in [4.69, 9.17) is 4.74 Å². The van der Waals surface area contributed by atoms with Crippen molar-refractivity contribution in [3.8, 4) is 11.5 Å². The average molecular weight is 392 g/mol. The van der Waals surface area contributed by atoms with Crippen LogP contribution in [0.15, 0.2) is 41.4 Å². The number of rotatable bonds is 9. The predicted molar refractivity (Wildman–Crippen MR) is 105 cm³/mol. The zero-order valence-electron chi connectivity index (χ0n) is 16.3. The first-order valence-corrected chi connectivity index (χ1v) is 9.17. The van der Waals surface area contributed by atoms with E-state index >= 15 is 0 Å². The third-order valence-electron chi connectivity index (χ3n) is 3.70. The first kappa shape index (κ1) is 21.4. The lowest BCUT2D eigenvalue weighted by Gasteiger charge is -2.15. The number of aromatic nitrogens is 1. The van der Waals surface area contributed by atoms with Gasteiger partial charge in [-0.05, 0) is 39.0 Å². The van der Waals surface area contributed by atoms with Crippen LogP contribution in [0.25, 0.3) is 0 Å². The first-order chi connectivity index (χ1) is 13.5. The van der Waals surface area contributed by atoms with E-state index in [1.165, 1.54) is 0 Å². The lowest BCUT2D eigenvalue weighted by atomic mass is 10.2. The van der Waals surface area contributed by atoms with E-state index in [-0.39, 0.29) is 18.0 Å². The first-order valence-electron chi connectivity index (χ1n) is 9.17. The van der Waals surface area contributed by atoms with Crippen molar-refractivity contribution in [1.29, 1.82) is 0 Å². The molecule has 0 saturated heterocycles. The molecule has 0 amide bonds. The van der Waals surface area contributed by atoms with E-state index in [0.717, 1.165) is 11.4 Å². The molecule has 1 heterocycles. The molecule has 0 atom stereocenters. The Kier molecular flexibility index (Phi) is 8.45. The molecule has 2 aromatic rings. The van der Waals surface area contributed by atoms with Crippen molar-refractivity contribution in [2.45, 2.75) is 40.5 Å². The maximum Gasteiger partial charge on any atom is 0.387 e. The largest absolute Gasteiger partial charge is 0.490 e. The molecule has 2 N–H and O–H groups in total. The highest BCUT2D eigenvalue weighted by atomic mass is 19.3. The quantitative estimate of drug-likeness (QED) is 0.504. The van der Waals surface area contributed by atoms with Crippen LogP contribution in [-0.2, 0) is 13.1 Å². The SMILES string of the molecule is CCNC(=NCc1cccc(OCC)c1OC(F)F)NCc1cccc(C)n1. The highest BCUT2D eigenvalue weighted by Crippen LogP contribution is 2.33. The normalized spacial score (nSPS) is 11.4. The Labute approximate surface area is 164 Å². The molecule has 28 heavy (non-hydrogen) atoms. The predicted octanol–water partition coefficient (Wildman–Crippen LogP) is 3.65. The lowest BCUT2D eigenvalue weighted by molar-refractivity contribution is -0.0520. The molecule has 0 aliphatic carbocycles. The molecule has 0 bridgehead atoms. The van der Waals surface area contributed by atoms with Gasteiger partial charge >= 0.3 is 6.61 Å². The van der Waals surface area contributed by atoms with Crippen molar-refractivity contribution >= 4 is 5.96 Å². The molecule has 8 heteroatoms. The van der Waals surface area contributed by atoms with Crippen LogP contribution in [0.5, 0.6) is 11.5 Å². The van der Waals surface area contributed by atoms with Gasteiger partial charge in [0.1, 0.15) is 0 Å². The highest BCUT2D eigenvalue weighted by molar-refractivity contribution is 5.79. The molecule has 0 fully saturated rings. The number of hydrogen-bond acceptors (Lipinski definition) is 4. The lowest BCUT2D eigenvalue weighted by Crippen LogP contribution is -2.37. The molecule has 0 radical (unpaired) electrons. The maximum absolute atomic E-state index is 12.8. The minimum Gasteiger partial charge on any atom is -0.490 e. The van der Waals surface area contributed by atoms with Crippen molar-refractivity contribution in [3.05, 3.63) is 53.3 Å². The van der Waals surface area contributed by atoms with Crippen molar-refractivity contribution in [3.63, 3.8) is 0 Å². The number of ether oxygens (including phenoxy) is 2. The number of hydrogen-bond donors (Lipinski definition) is 2. The third kappa shape index (κ3) is 6.68. The summed E-state index contributed by atoms with van der Waals surface area (Å²) in [5.41, 5.74) is 2.32. The minimum atomic E-state index is -2.94. The van der Waals surface area contributed by atoms with Gasteiger partial charge < -0.3 is 20.1 Å². The van der Waals surface area contributed by atoms with Crippen LogP contribution in [0.2, 0.25) is 0 Å². The number of nitrogens with one attached hydrogen (secondary N) is 2. The Bertz CT molecular complexity index is 785. The van der Waals surface area contributed by atoms with Crippen LogP contribution in [0.1, 0.15) is 30.8 Å². The fourth-order valence-electron chi connectivity index (χ4n) is 2.56. The van der Waals surface area contributed by atoms with Gasteiger partial charge in [-0.15, -0.1) is 0 Å². The van der Waals surface area contributed by atoms with Crippen LogP contribution in [-0.4, -0.2) is 30.7 Å². The van der Waals surface area contributed by atoms with E-state index in [1.807, 2.05) is 32.0 Å². The highest BCUT2D eigenvalue weighted by Gasteiger charge is 2.15. The van der Waals surface area contributed by atoms with Gasteiger partial charge in [-0.2, -0.15) is 8.78 Å². The van der Waals surface area contributed by atoms with E-state index in [1.54, 1.807) is 25.1 Å². The fraction of sp³-hybridized carbons (Fsp3) is 0.400. The summed E-state index contributed by atoms with van der Waals surface area (Å²) >= 11 is 0. The molecule has 0 saturated carbocycles. The Morgan fingerprint density at radius 2 is 1.93 bits per heavy atom. The van der Waals surface area contributed by atoms with E-state index in [0.29, 0.717) is 31.2 Å². The monoisotopic (exact) mass is 392 g/mol. The number of aliphatic imine (C=N–C) groups is 1. The summed E-state index contributed by atoms with van der Waals surface area (Å²) in [5, 5.41) is 6.32. The number of halogens is 2. The van der Waals surface area contributed by atoms with Gasteiger partial charge in [0, 0.05) is 17.8 Å². The molecule has 0 unspecified atom stereocenters. The number of para-hydroxylation sites is 1. The second-order valence-corrected chi connectivity index (χ2v) is 5.87. The number of aryl methyl sites for hydroxylation is 1. The van der Waals surface area contributed by atoms with Crippen LogP contribution in [0, 0.1) is 6.92 Å². The second-order valence-electron chi connectivity index (χ2n) is 5.87. The number of benzene rings is 1. The van der Waals surface area contributed by atoms with Crippen molar-refractivity contribution < 1.29 is 18.3 Å². The Hall–Kier alpha value is -2.90. The van der Waals surface area contributed by atoms with Gasteiger partial charge in [0.25, 0.3) is 0 Å². The summed E-state index contributed by atoms with van der Waals surface area (Å²) in [6, 6.07) is 10.8. The summed E-state index contributed by atoms with van der Waals surface area (Å²) in [7, 11) is 0. The molecule has 2 rings (SSSR count). The molecular formula is C20H26F2N4O2. The summed E-state index contributed by atoms with van der Waals surface area (Å²) in [6.45, 7) is 4.37. The summed E-state index contributed by atoms with van der Waals surface area (Å²) < 4.78 is 35.8. The van der Waals surface area contributed by atoms with Crippen molar-refractivity contribution in [2.24, 2.45) is 4.99 Å². The van der Waals surface area contributed by atoms with Crippen LogP contribution < -0.4 is 20.1 Å². The van der Waals surface area contributed by atoms with Gasteiger partial charge in [0.05, 0.1) is 25.4 Å². The van der Waals surface area contributed by atoms with Gasteiger partial charge in [-0.25, -0.2) is 4.99 Å². The standard InChI is InChI=1S/C20H26F2N4O2/c1-4-23-20(25-13-16-10-6-8-14(3)26-16)24-12-15-9-7-11-17(27-5-2)18(15)28-19(21)22/h6-11,19H,4-5,12-13H2,1-3H3,(H2,23,24,25). The molecule has 6 nitrogen and oxygen atoms in total. The van der Waals surface area contributed by atoms with Crippen molar-refractivity contribution in [1.82, 2.24) is 15.6 Å². The number of nitrogens with zero attached hydrogens (tertiary/aromatic N) is 2. The van der Waals surface area contributed by atoms with Gasteiger partial charge in [-0.3, -0.25) is 4.98 Å². The molecule has 0 aliphatic rings. The smallest absolute Gasteiger partial charge is 0.387 e. The molecule has 0 aliphatic heterocycles. The molecule has 0 spiro atoms. The fourth-order valence-corrected chi connectivity index (χ4v) is 2.56. The van der Waals surface area contributed by atoms with Gasteiger partial charge in [0.2, 0.25) is 0 Å². The Balaban J connectivity index is 2.15. The minimum absolute atomic E-state index is 0.0132. The molecular weight excluding hydrogens is 366 g/mol. The summed E-state index contributed by atoms with van der Waals surface area (Å²) in [6.07, 6.45) is 0. The molecule has 1 aromatic carbocycles. The van der Waals surface area contributed by atoms with Crippen LogP contribution in [0.4, 0.5) is 8.78 Å². The van der Waals surface area contributed by atoms with Crippen molar-refractivity contribution in [2.75, 3.05) is 13.2 Å². The van der Waals surface area contributed by atoms with E-state index in [9.17, 15) is 8.78 Å². The van der Waals surface area contributed by atoms with Gasteiger partial charge in [0.15, 0.2) is 17.5 Å². The summed E-state index contributed by atoms with van der Waals surface area (Å²) in [5.74, 6) is 0.840. The van der Waals surface area contributed by atoms with Crippen LogP contribution in [0.3, 0.4) is 0 Å². The third-order valence-corrected chi connectivity index (χ3v) is 3.70. The maximum atomic E-state index is 12.8. The van der Waals surface area contributed by atoms with E-state index in [2.05, 4.69) is 25.3 Å². The summed E-state index contributed by atoms with van der Waals surface area (Å²) in [4.78, 5) is 8.91. The Morgan fingerprint density at radius 3 is 2.61 bits per heavy atom. The van der Waals surface area contributed by atoms with E-state index < -0.39 is 6.61 Å². The number of pyridine rings is 1. The number of guanidine groups is 1. The number of alkyl halides is 2. The zero-order valence-corrected chi connectivity index (χ0v) is 16.3. The molecule has 1 aromatic heterocycles. The molecule has 152 valence electrons.